The second kappa shape index (κ2) is 2.80. The molecule has 0 aromatic heterocycles. The van der Waals surface area contributed by atoms with Gasteiger partial charge in [0.05, 0.1) is 0 Å². The van der Waals surface area contributed by atoms with Gasteiger partial charge in [0.25, 0.3) is 0 Å². The van der Waals surface area contributed by atoms with Crippen LogP contribution in [-0.4, -0.2) is 6.54 Å². The van der Waals surface area contributed by atoms with Gasteiger partial charge in [-0.05, 0) is 55.5 Å². The summed E-state index contributed by atoms with van der Waals surface area (Å²) in [5.74, 6) is -0.0983. The number of fused-ring (bicyclic) bond motifs is 2. The lowest BCUT2D eigenvalue weighted by molar-refractivity contribution is 0.389. The van der Waals surface area contributed by atoms with Crippen LogP contribution in [0.1, 0.15) is 30.4 Å². The number of rotatable bonds is 0. The molecule has 1 aliphatic heterocycles. The topological polar surface area (TPSA) is 12.0 Å². The van der Waals surface area contributed by atoms with Crippen molar-refractivity contribution in [2.45, 2.75) is 31.2 Å². The van der Waals surface area contributed by atoms with Gasteiger partial charge in [0, 0.05) is 5.54 Å². The Morgan fingerprint density at radius 2 is 2.21 bits per heavy atom. The van der Waals surface area contributed by atoms with Crippen molar-refractivity contribution in [3.05, 3.63) is 35.1 Å². The molecule has 0 radical (unpaired) electrons. The number of aryl methyl sites for hydroxylation is 1. The van der Waals surface area contributed by atoms with Crippen LogP contribution in [0, 0.1) is 5.82 Å². The molecule has 74 valence electrons. The van der Waals surface area contributed by atoms with Crippen LogP contribution in [0.25, 0.3) is 0 Å². The molecule has 1 aromatic rings. The minimum absolute atomic E-state index is 0.0983. The molecule has 14 heavy (non-hydrogen) atoms. The van der Waals surface area contributed by atoms with Gasteiger partial charge in [-0.15, -0.1) is 0 Å². The first-order valence-electron chi connectivity index (χ1n) is 5.34. The van der Waals surface area contributed by atoms with E-state index in [1.54, 1.807) is 12.1 Å². The van der Waals surface area contributed by atoms with Gasteiger partial charge in [-0.25, -0.2) is 4.39 Å². The van der Waals surface area contributed by atoms with Gasteiger partial charge in [0.1, 0.15) is 5.82 Å². The van der Waals surface area contributed by atoms with Crippen LogP contribution < -0.4 is 5.32 Å². The third-order valence-corrected chi connectivity index (χ3v) is 3.65. The van der Waals surface area contributed by atoms with Crippen molar-refractivity contribution in [3.63, 3.8) is 0 Å². The Morgan fingerprint density at radius 1 is 1.29 bits per heavy atom. The first kappa shape index (κ1) is 8.42. The molecule has 1 atom stereocenters. The fourth-order valence-electron chi connectivity index (χ4n) is 2.97. The molecular formula is C12H14FN. The molecule has 0 amide bonds. The Labute approximate surface area is 83.3 Å². The maximum atomic E-state index is 13.0. The zero-order valence-electron chi connectivity index (χ0n) is 8.15. The van der Waals surface area contributed by atoms with Crippen molar-refractivity contribution in [1.29, 1.82) is 0 Å². The predicted molar refractivity (Wildman–Crippen MR) is 53.6 cm³/mol. The van der Waals surface area contributed by atoms with Crippen molar-refractivity contribution in [1.82, 2.24) is 5.32 Å². The van der Waals surface area contributed by atoms with E-state index in [1.807, 2.05) is 6.07 Å². The smallest absolute Gasteiger partial charge is 0.123 e. The average Bonchev–Trinajstić information content (AvgIpc) is 2.77. The fraction of sp³-hybridized carbons (Fsp3) is 0.500. The molecule has 1 saturated heterocycles. The summed E-state index contributed by atoms with van der Waals surface area (Å²) in [7, 11) is 0. The van der Waals surface area contributed by atoms with Crippen molar-refractivity contribution in [2.75, 3.05) is 6.54 Å². The van der Waals surface area contributed by atoms with Gasteiger partial charge < -0.3 is 5.32 Å². The normalized spacial score (nSPS) is 29.8. The van der Waals surface area contributed by atoms with Crippen LogP contribution >= 0.6 is 0 Å². The van der Waals surface area contributed by atoms with E-state index >= 15 is 0 Å². The van der Waals surface area contributed by atoms with E-state index in [2.05, 4.69) is 5.32 Å². The molecule has 0 saturated carbocycles. The van der Waals surface area contributed by atoms with Crippen molar-refractivity contribution >= 4 is 0 Å². The summed E-state index contributed by atoms with van der Waals surface area (Å²) < 4.78 is 13.0. The molecule has 1 fully saturated rings. The number of benzene rings is 1. The summed E-state index contributed by atoms with van der Waals surface area (Å²) in [6, 6.07) is 5.26. The van der Waals surface area contributed by atoms with E-state index in [0.717, 1.165) is 19.4 Å². The molecule has 3 rings (SSSR count). The lowest BCUT2D eigenvalue weighted by atomic mass is 9.90. The second-order valence-corrected chi connectivity index (χ2v) is 4.41. The molecule has 1 N–H and O–H groups in total. The maximum absolute atomic E-state index is 13.0. The highest BCUT2D eigenvalue weighted by atomic mass is 19.1. The lowest BCUT2D eigenvalue weighted by Crippen LogP contribution is -2.34. The van der Waals surface area contributed by atoms with Crippen LogP contribution in [0.2, 0.25) is 0 Å². The third-order valence-electron chi connectivity index (χ3n) is 3.65. The predicted octanol–water partition coefficient (Wildman–Crippen LogP) is 2.35. The SMILES string of the molecule is Fc1ccc2c(c1)CC[C@]21CCCN1. The summed E-state index contributed by atoms with van der Waals surface area (Å²) in [4.78, 5) is 0. The van der Waals surface area contributed by atoms with Crippen LogP contribution in [0.4, 0.5) is 4.39 Å². The number of halogens is 1. The largest absolute Gasteiger partial charge is 0.307 e. The number of hydrogen-bond acceptors (Lipinski definition) is 1. The van der Waals surface area contributed by atoms with E-state index < -0.39 is 0 Å². The highest BCUT2D eigenvalue weighted by Gasteiger charge is 2.40. The lowest BCUT2D eigenvalue weighted by Gasteiger charge is -2.25. The molecule has 0 bridgehead atoms. The summed E-state index contributed by atoms with van der Waals surface area (Å²) in [6.07, 6.45) is 4.63. The third kappa shape index (κ3) is 1.04. The monoisotopic (exact) mass is 191 g/mol. The van der Waals surface area contributed by atoms with Crippen molar-refractivity contribution in [2.24, 2.45) is 0 Å². The summed E-state index contributed by atoms with van der Waals surface area (Å²) in [5, 5.41) is 3.59. The Balaban J connectivity index is 2.09. The molecule has 1 aliphatic carbocycles. The van der Waals surface area contributed by atoms with Crippen LogP contribution in [0.5, 0.6) is 0 Å². The standard InChI is InChI=1S/C12H14FN/c13-10-2-3-11-9(8-10)4-6-12(11)5-1-7-14-12/h2-3,8,14H,1,4-7H2/t12-/m1/s1. The Hall–Kier alpha value is -0.890. The summed E-state index contributed by atoms with van der Waals surface area (Å²) >= 11 is 0. The molecular weight excluding hydrogens is 177 g/mol. The minimum Gasteiger partial charge on any atom is -0.307 e. The van der Waals surface area contributed by atoms with Gasteiger partial charge in [-0.1, -0.05) is 6.07 Å². The summed E-state index contributed by atoms with van der Waals surface area (Å²) in [6.45, 7) is 1.11. The second-order valence-electron chi connectivity index (χ2n) is 4.41. The highest BCUT2D eigenvalue weighted by molar-refractivity contribution is 5.39. The Kier molecular flexibility index (Phi) is 1.68. The summed E-state index contributed by atoms with van der Waals surface area (Å²) in [5.41, 5.74) is 2.75. The van der Waals surface area contributed by atoms with Crippen LogP contribution in [-0.2, 0) is 12.0 Å². The Morgan fingerprint density at radius 3 is 3.00 bits per heavy atom. The molecule has 0 unspecified atom stereocenters. The quantitative estimate of drug-likeness (QED) is 0.663. The first-order chi connectivity index (χ1) is 6.80. The number of nitrogens with one attached hydrogen (secondary N) is 1. The minimum atomic E-state index is -0.0983. The molecule has 1 heterocycles. The fourth-order valence-corrected chi connectivity index (χ4v) is 2.97. The van der Waals surface area contributed by atoms with Gasteiger partial charge in [0.2, 0.25) is 0 Å². The van der Waals surface area contributed by atoms with E-state index in [0.29, 0.717) is 0 Å². The first-order valence-corrected chi connectivity index (χ1v) is 5.34. The van der Waals surface area contributed by atoms with Crippen molar-refractivity contribution in [3.8, 4) is 0 Å². The average molecular weight is 191 g/mol. The Bertz CT molecular complexity index is 367. The molecule has 1 nitrogen and oxygen atoms in total. The van der Waals surface area contributed by atoms with E-state index in [9.17, 15) is 4.39 Å². The molecule has 2 heteroatoms. The number of hydrogen-bond donors (Lipinski definition) is 1. The van der Waals surface area contributed by atoms with E-state index in [-0.39, 0.29) is 11.4 Å². The van der Waals surface area contributed by atoms with Gasteiger partial charge in [-0.2, -0.15) is 0 Å². The van der Waals surface area contributed by atoms with E-state index in [4.69, 9.17) is 0 Å². The van der Waals surface area contributed by atoms with Crippen LogP contribution in [0.3, 0.4) is 0 Å². The zero-order chi connectivity index (χ0) is 9.60. The van der Waals surface area contributed by atoms with Gasteiger partial charge >= 0.3 is 0 Å². The van der Waals surface area contributed by atoms with Crippen LogP contribution in [0.15, 0.2) is 18.2 Å². The van der Waals surface area contributed by atoms with Gasteiger partial charge in [0.15, 0.2) is 0 Å². The zero-order valence-corrected chi connectivity index (χ0v) is 8.15. The maximum Gasteiger partial charge on any atom is 0.123 e. The molecule has 1 aromatic carbocycles. The van der Waals surface area contributed by atoms with Crippen molar-refractivity contribution < 1.29 is 4.39 Å². The molecule has 2 aliphatic rings. The van der Waals surface area contributed by atoms with Gasteiger partial charge in [-0.3, -0.25) is 0 Å². The molecule has 1 spiro atoms. The van der Waals surface area contributed by atoms with E-state index in [1.165, 1.54) is 24.0 Å². The highest BCUT2D eigenvalue weighted by Crippen LogP contribution is 2.42.